The fourth-order valence-corrected chi connectivity index (χ4v) is 4.10. The maximum Gasteiger partial charge on any atom is 0.317 e. The van der Waals surface area contributed by atoms with Gasteiger partial charge in [-0.15, -0.1) is 11.3 Å². The number of carboxylic acids is 1. The molecule has 1 aliphatic carbocycles. The van der Waals surface area contributed by atoms with Crippen molar-refractivity contribution in [3.63, 3.8) is 0 Å². The second kappa shape index (κ2) is 7.82. The number of thiazole rings is 1. The molecule has 0 fully saturated rings. The van der Waals surface area contributed by atoms with Crippen molar-refractivity contribution in [2.24, 2.45) is 0 Å². The molecule has 0 saturated carbocycles. The molecule has 0 aliphatic heterocycles. The van der Waals surface area contributed by atoms with Gasteiger partial charge in [0.15, 0.2) is 0 Å². The Kier molecular flexibility index (Phi) is 5.51. The molecule has 1 heterocycles. The van der Waals surface area contributed by atoms with Gasteiger partial charge in [0.2, 0.25) is 0 Å². The van der Waals surface area contributed by atoms with E-state index in [4.69, 9.17) is 5.11 Å². The van der Waals surface area contributed by atoms with Gasteiger partial charge in [0.1, 0.15) is 10.8 Å². The molecule has 6 nitrogen and oxygen atoms in total. The molecule has 1 unspecified atom stereocenters. The van der Waals surface area contributed by atoms with Crippen molar-refractivity contribution >= 4 is 23.3 Å². The molecule has 0 radical (unpaired) electrons. The van der Waals surface area contributed by atoms with Gasteiger partial charge in [-0.05, 0) is 43.5 Å². The lowest BCUT2D eigenvalue weighted by atomic mass is 9.98. The number of aromatic nitrogens is 1. The van der Waals surface area contributed by atoms with E-state index in [0.717, 1.165) is 40.4 Å². The normalized spacial score (nSPS) is 16.0. The molecule has 1 aromatic carbocycles. The van der Waals surface area contributed by atoms with Crippen LogP contribution >= 0.6 is 11.3 Å². The van der Waals surface area contributed by atoms with Gasteiger partial charge in [0.05, 0.1) is 23.0 Å². The number of nitrogens with one attached hydrogen (secondary N) is 1. The topological polar surface area (TPSA) is 82.5 Å². The van der Waals surface area contributed by atoms with Crippen LogP contribution < -0.4 is 5.32 Å². The molecule has 1 aliphatic rings. The molecular formula is C18H20FN3O3S. The number of aliphatic carboxylic acids is 1. The number of hydrogen-bond donors (Lipinski definition) is 2. The summed E-state index contributed by atoms with van der Waals surface area (Å²) < 4.78 is 13.1. The van der Waals surface area contributed by atoms with E-state index in [1.54, 1.807) is 19.2 Å². The van der Waals surface area contributed by atoms with Crippen molar-refractivity contribution in [1.82, 2.24) is 15.2 Å². The first-order chi connectivity index (χ1) is 12.4. The quantitative estimate of drug-likeness (QED) is 0.836. The van der Waals surface area contributed by atoms with E-state index in [1.807, 2.05) is 0 Å². The van der Waals surface area contributed by atoms with Gasteiger partial charge in [-0.2, -0.15) is 0 Å². The lowest BCUT2D eigenvalue weighted by Gasteiger charge is -2.25. The summed E-state index contributed by atoms with van der Waals surface area (Å²) in [6, 6.07) is 5.80. The van der Waals surface area contributed by atoms with Crippen molar-refractivity contribution in [3.8, 4) is 10.6 Å². The zero-order valence-corrected chi connectivity index (χ0v) is 15.2. The first-order valence-corrected chi connectivity index (χ1v) is 9.24. The van der Waals surface area contributed by atoms with Crippen LogP contribution in [0, 0.1) is 5.82 Å². The van der Waals surface area contributed by atoms with Gasteiger partial charge in [-0.25, -0.2) is 14.2 Å². The molecule has 3 rings (SSSR count). The van der Waals surface area contributed by atoms with Gasteiger partial charge in [-0.1, -0.05) is 0 Å². The number of hydrogen-bond acceptors (Lipinski definition) is 4. The minimum atomic E-state index is -0.934. The second-order valence-corrected chi connectivity index (χ2v) is 7.33. The number of halogens is 1. The average Bonchev–Trinajstić information content (AvgIpc) is 3.05. The van der Waals surface area contributed by atoms with Crippen molar-refractivity contribution in [2.45, 2.75) is 31.7 Å². The molecule has 0 saturated heterocycles. The van der Waals surface area contributed by atoms with E-state index in [2.05, 4.69) is 10.3 Å². The van der Waals surface area contributed by atoms with Gasteiger partial charge in [0.25, 0.3) is 0 Å². The average molecular weight is 377 g/mol. The molecule has 1 atom stereocenters. The molecule has 8 heteroatoms. The van der Waals surface area contributed by atoms with Crippen molar-refractivity contribution in [2.75, 3.05) is 13.6 Å². The standard InChI is InChI=1S/C18H20FN3O3S/c1-22(10-9-15(23)24)18(25)21-14-4-2-3-13-16(14)26-17(20-13)11-5-7-12(19)8-6-11/h5-8,14H,2-4,9-10H2,1H3,(H,21,25)(H,23,24). The van der Waals surface area contributed by atoms with Crippen LogP contribution in [-0.4, -0.2) is 40.6 Å². The van der Waals surface area contributed by atoms with Gasteiger partial charge in [0, 0.05) is 19.2 Å². The van der Waals surface area contributed by atoms with Crippen LogP contribution in [0.3, 0.4) is 0 Å². The number of aryl methyl sites for hydroxylation is 1. The predicted octanol–water partition coefficient (Wildman–Crippen LogP) is 3.44. The largest absolute Gasteiger partial charge is 0.481 e. The molecular weight excluding hydrogens is 357 g/mol. The van der Waals surface area contributed by atoms with Crippen LogP contribution in [0.25, 0.3) is 10.6 Å². The number of carboxylic acid groups (broad SMARTS) is 1. The number of urea groups is 1. The minimum Gasteiger partial charge on any atom is -0.481 e. The van der Waals surface area contributed by atoms with Gasteiger partial charge < -0.3 is 15.3 Å². The fourth-order valence-electron chi connectivity index (χ4n) is 2.90. The maximum absolute atomic E-state index is 13.1. The first-order valence-electron chi connectivity index (χ1n) is 8.43. The number of benzene rings is 1. The van der Waals surface area contributed by atoms with Crippen LogP contribution in [0.2, 0.25) is 0 Å². The Morgan fingerprint density at radius 3 is 2.81 bits per heavy atom. The summed E-state index contributed by atoms with van der Waals surface area (Å²) >= 11 is 1.51. The Labute approximate surface area is 154 Å². The van der Waals surface area contributed by atoms with E-state index < -0.39 is 5.97 Å². The second-order valence-electron chi connectivity index (χ2n) is 6.30. The number of nitrogens with zero attached hydrogens (tertiary/aromatic N) is 2. The summed E-state index contributed by atoms with van der Waals surface area (Å²) in [4.78, 5) is 30.0. The van der Waals surface area contributed by atoms with Crippen LogP contribution in [0.15, 0.2) is 24.3 Å². The highest BCUT2D eigenvalue weighted by atomic mass is 32.1. The zero-order chi connectivity index (χ0) is 18.7. The third-order valence-corrected chi connectivity index (χ3v) is 5.61. The summed E-state index contributed by atoms with van der Waals surface area (Å²) in [6.07, 6.45) is 2.50. The van der Waals surface area contributed by atoms with Crippen LogP contribution in [0.5, 0.6) is 0 Å². The molecule has 1 aromatic heterocycles. The van der Waals surface area contributed by atoms with E-state index >= 15 is 0 Å². The summed E-state index contributed by atoms with van der Waals surface area (Å²) in [6.45, 7) is 0.157. The third-order valence-electron chi connectivity index (χ3n) is 4.35. The highest BCUT2D eigenvalue weighted by molar-refractivity contribution is 7.15. The van der Waals surface area contributed by atoms with Gasteiger partial charge in [-0.3, -0.25) is 4.79 Å². The summed E-state index contributed by atoms with van der Waals surface area (Å²) in [5, 5.41) is 12.5. The zero-order valence-electron chi connectivity index (χ0n) is 14.4. The first kappa shape index (κ1) is 18.3. The maximum atomic E-state index is 13.1. The molecule has 0 spiro atoms. The molecule has 26 heavy (non-hydrogen) atoms. The van der Waals surface area contributed by atoms with E-state index in [0.29, 0.717) is 0 Å². The van der Waals surface area contributed by atoms with Crippen LogP contribution in [0.4, 0.5) is 9.18 Å². The Morgan fingerprint density at radius 1 is 1.38 bits per heavy atom. The highest BCUT2D eigenvalue weighted by Gasteiger charge is 2.27. The fraction of sp³-hybridized carbons (Fsp3) is 0.389. The third kappa shape index (κ3) is 4.19. The van der Waals surface area contributed by atoms with Crippen molar-refractivity contribution < 1.29 is 19.1 Å². The lowest BCUT2D eigenvalue weighted by molar-refractivity contribution is -0.137. The molecule has 138 valence electrons. The predicted molar refractivity (Wildman–Crippen MR) is 96.6 cm³/mol. The minimum absolute atomic E-state index is 0.0882. The Hall–Kier alpha value is -2.48. The molecule has 2 amide bonds. The summed E-state index contributed by atoms with van der Waals surface area (Å²) in [5.41, 5.74) is 1.83. The molecule has 2 aromatic rings. The number of rotatable bonds is 5. The van der Waals surface area contributed by atoms with Crippen molar-refractivity contribution in [3.05, 3.63) is 40.7 Å². The number of fused-ring (bicyclic) bond motifs is 1. The molecule has 0 bridgehead atoms. The Morgan fingerprint density at radius 2 is 2.12 bits per heavy atom. The SMILES string of the molecule is CN(CCC(=O)O)C(=O)NC1CCCc2nc(-c3ccc(F)cc3)sc21. The summed E-state index contributed by atoms with van der Waals surface area (Å²) in [5.74, 6) is -1.22. The monoisotopic (exact) mass is 377 g/mol. The number of carbonyl (C=O) groups is 2. The van der Waals surface area contributed by atoms with E-state index in [9.17, 15) is 14.0 Å². The van der Waals surface area contributed by atoms with Gasteiger partial charge >= 0.3 is 12.0 Å². The van der Waals surface area contributed by atoms with E-state index in [-0.39, 0.29) is 30.9 Å². The molecule has 2 N–H and O–H groups in total. The number of amides is 2. The summed E-state index contributed by atoms with van der Waals surface area (Å²) in [7, 11) is 1.58. The Balaban J connectivity index is 1.73. The van der Waals surface area contributed by atoms with E-state index in [1.165, 1.54) is 28.4 Å². The van der Waals surface area contributed by atoms with Crippen LogP contribution in [0.1, 0.15) is 35.9 Å². The van der Waals surface area contributed by atoms with Crippen molar-refractivity contribution in [1.29, 1.82) is 0 Å². The lowest BCUT2D eigenvalue weighted by Crippen LogP contribution is -2.40. The number of carbonyl (C=O) groups excluding carboxylic acids is 1. The van der Waals surface area contributed by atoms with Crippen LogP contribution in [-0.2, 0) is 11.2 Å². The smallest absolute Gasteiger partial charge is 0.317 e. The Bertz CT molecular complexity index is 807. The highest BCUT2D eigenvalue weighted by Crippen LogP contribution is 2.38.